The standard InChI is InChI=1S/C27H33FN6O7S2/c1-16(2)24(12-30-23(26(36)37)9-17-3-5-20(6-4-17)41-15-19(35)11-28)34-13-18(32-33-34)14-40-21-7-8-22-25(10-21)42-27(31-22)43(29,38)39/h3-8,10,13,16,19,23-24,30,35H,9,11-12,14-15H2,1-2H3,(H,36,37)(H2,29,38,39)/t19-,23?,24+/m1/s1. The van der Waals surface area contributed by atoms with E-state index in [4.69, 9.17) is 14.6 Å². The number of primary sulfonamides is 1. The molecule has 0 saturated heterocycles. The Kier molecular flexibility index (Phi) is 10.6. The summed E-state index contributed by atoms with van der Waals surface area (Å²) in [6, 6.07) is 10.7. The largest absolute Gasteiger partial charge is 0.491 e. The minimum atomic E-state index is -3.90. The van der Waals surface area contributed by atoms with Crippen LogP contribution >= 0.6 is 11.3 Å². The van der Waals surface area contributed by atoms with Crippen molar-refractivity contribution in [2.75, 3.05) is 19.8 Å². The van der Waals surface area contributed by atoms with Gasteiger partial charge >= 0.3 is 5.97 Å². The first-order chi connectivity index (χ1) is 20.4. The molecular weight excluding hydrogens is 603 g/mol. The third-order valence-electron chi connectivity index (χ3n) is 6.49. The van der Waals surface area contributed by atoms with E-state index in [0.717, 1.165) is 16.9 Å². The van der Waals surface area contributed by atoms with Gasteiger partial charge in [-0.15, -0.1) is 16.4 Å². The number of aromatic nitrogens is 4. The number of fused-ring (bicyclic) bond motifs is 1. The molecule has 0 fully saturated rings. The number of hydrogen-bond donors (Lipinski definition) is 4. The highest BCUT2D eigenvalue weighted by atomic mass is 32.2. The zero-order valence-electron chi connectivity index (χ0n) is 23.5. The zero-order chi connectivity index (χ0) is 31.1. The van der Waals surface area contributed by atoms with Crippen molar-refractivity contribution in [2.24, 2.45) is 11.1 Å². The lowest BCUT2D eigenvalue weighted by Gasteiger charge is -2.24. The van der Waals surface area contributed by atoms with Gasteiger partial charge in [-0.2, -0.15) is 0 Å². The minimum absolute atomic E-state index is 0.0928. The van der Waals surface area contributed by atoms with E-state index in [1.54, 1.807) is 53.3 Å². The molecule has 4 rings (SSSR count). The molecule has 0 aliphatic carbocycles. The predicted octanol–water partition coefficient (Wildman–Crippen LogP) is 2.31. The summed E-state index contributed by atoms with van der Waals surface area (Å²) in [5.74, 6) is 0.0307. The fourth-order valence-electron chi connectivity index (χ4n) is 4.13. The Hall–Kier alpha value is -3.70. The zero-order valence-corrected chi connectivity index (χ0v) is 25.1. The van der Waals surface area contributed by atoms with Gasteiger partial charge in [0.05, 0.1) is 22.5 Å². The van der Waals surface area contributed by atoms with Crippen LogP contribution < -0.4 is 19.9 Å². The lowest BCUT2D eigenvalue weighted by Crippen LogP contribution is -2.42. The summed E-state index contributed by atoms with van der Waals surface area (Å²) in [6.45, 7) is 3.35. The van der Waals surface area contributed by atoms with Crippen molar-refractivity contribution < 1.29 is 37.3 Å². The van der Waals surface area contributed by atoms with Gasteiger partial charge in [0.15, 0.2) is 0 Å². The van der Waals surface area contributed by atoms with Crippen LogP contribution in [-0.4, -0.2) is 76.6 Å². The molecule has 3 atom stereocenters. The lowest BCUT2D eigenvalue weighted by molar-refractivity contribution is -0.139. The normalized spacial score (nSPS) is 14.1. The highest BCUT2D eigenvalue weighted by molar-refractivity contribution is 7.91. The number of rotatable bonds is 16. The molecule has 13 nitrogen and oxygen atoms in total. The molecule has 4 aromatic rings. The van der Waals surface area contributed by atoms with Crippen LogP contribution in [0.4, 0.5) is 4.39 Å². The summed E-state index contributed by atoms with van der Waals surface area (Å²) in [4.78, 5) is 16.0. The number of carbonyl (C=O) groups is 1. The van der Waals surface area contributed by atoms with Crippen LogP contribution in [0.3, 0.4) is 0 Å². The number of aliphatic hydroxyl groups is 1. The number of sulfonamides is 1. The Morgan fingerprint density at radius 1 is 1.16 bits per heavy atom. The maximum Gasteiger partial charge on any atom is 0.321 e. The van der Waals surface area contributed by atoms with Crippen LogP contribution in [0.5, 0.6) is 11.5 Å². The van der Waals surface area contributed by atoms with Gasteiger partial charge in [-0.3, -0.25) is 4.79 Å². The number of hydrogen-bond acceptors (Lipinski definition) is 11. The Bertz CT molecular complexity index is 1630. The van der Waals surface area contributed by atoms with E-state index in [-0.39, 0.29) is 35.9 Å². The quantitative estimate of drug-likeness (QED) is 0.141. The Balaban J connectivity index is 1.34. The number of nitrogens with zero attached hydrogens (tertiary/aromatic N) is 4. The first kappa shape index (κ1) is 32.2. The maximum absolute atomic E-state index is 12.4. The van der Waals surface area contributed by atoms with Crippen molar-refractivity contribution in [2.45, 2.75) is 49.4 Å². The first-order valence-corrected chi connectivity index (χ1v) is 15.7. The van der Waals surface area contributed by atoms with Crippen molar-refractivity contribution >= 4 is 37.5 Å². The van der Waals surface area contributed by atoms with E-state index >= 15 is 0 Å². The fourth-order valence-corrected chi connectivity index (χ4v) is 5.82. The minimum Gasteiger partial charge on any atom is -0.491 e. The van der Waals surface area contributed by atoms with E-state index in [2.05, 4.69) is 20.6 Å². The van der Waals surface area contributed by atoms with Crippen molar-refractivity contribution in [3.8, 4) is 11.5 Å². The van der Waals surface area contributed by atoms with E-state index < -0.39 is 34.8 Å². The molecule has 16 heteroatoms. The molecular formula is C27H33FN6O7S2. The molecule has 1 unspecified atom stereocenters. The van der Waals surface area contributed by atoms with Crippen LogP contribution in [0, 0.1) is 5.92 Å². The second-order valence-electron chi connectivity index (χ2n) is 10.2. The summed E-state index contributed by atoms with van der Waals surface area (Å²) in [7, 11) is -3.90. The second-order valence-corrected chi connectivity index (χ2v) is 13.0. The fraction of sp³-hybridized carbons (Fsp3) is 0.407. The SMILES string of the molecule is CC(C)[C@H](CNC(Cc1ccc(OC[C@H](O)CF)cc1)C(=O)O)n1cc(COc2ccc3nc(S(N)(=O)=O)sc3c2)nn1. The molecule has 232 valence electrons. The molecule has 43 heavy (non-hydrogen) atoms. The average molecular weight is 637 g/mol. The molecule has 2 heterocycles. The number of alkyl halides is 1. The van der Waals surface area contributed by atoms with E-state index in [0.29, 0.717) is 34.0 Å². The van der Waals surface area contributed by atoms with Gasteiger partial charge in [0, 0.05) is 6.54 Å². The van der Waals surface area contributed by atoms with Crippen molar-refractivity contribution in [1.82, 2.24) is 25.3 Å². The summed E-state index contributed by atoms with van der Waals surface area (Å²) in [6.07, 6.45) is 0.759. The third-order valence-corrected chi connectivity index (χ3v) is 8.83. The first-order valence-electron chi connectivity index (χ1n) is 13.3. The number of nitrogens with one attached hydrogen (secondary N) is 1. The molecule has 5 N–H and O–H groups in total. The molecule has 2 aromatic heterocycles. The third kappa shape index (κ3) is 8.90. The van der Waals surface area contributed by atoms with Gasteiger partial charge in [0.2, 0.25) is 4.34 Å². The average Bonchev–Trinajstić information content (AvgIpc) is 3.62. The van der Waals surface area contributed by atoms with Gasteiger partial charge < -0.3 is 25.0 Å². The molecule has 0 aliphatic rings. The van der Waals surface area contributed by atoms with Crippen molar-refractivity contribution in [3.63, 3.8) is 0 Å². The Morgan fingerprint density at radius 2 is 1.88 bits per heavy atom. The molecule has 0 radical (unpaired) electrons. The number of aliphatic hydroxyl groups excluding tert-OH is 1. The smallest absolute Gasteiger partial charge is 0.321 e. The van der Waals surface area contributed by atoms with Crippen LogP contribution in [0.25, 0.3) is 10.2 Å². The van der Waals surface area contributed by atoms with E-state index in [9.17, 15) is 27.8 Å². The van der Waals surface area contributed by atoms with Crippen molar-refractivity contribution in [3.05, 3.63) is 59.9 Å². The maximum atomic E-state index is 12.4. The summed E-state index contributed by atoms with van der Waals surface area (Å²) in [5, 5.41) is 35.9. The van der Waals surface area contributed by atoms with Gasteiger partial charge in [-0.1, -0.05) is 31.2 Å². The topological polar surface area (TPSA) is 192 Å². The number of thiazole rings is 1. The highest BCUT2D eigenvalue weighted by Gasteiger charge is 2.23. The molecule has 0 amide bonds. The summed E-state index contributed by atoms with van der Waals surface area (Å²) in [5.41, 5.74) is 1.81. The number of benzene rings is 2. The summed E-state index contributed by atoms with van der Waals surface area (Å²) >= 11 is 0.955. The van der Waals surface area contributed by atoms with Crippen LogP contribution in [0.2, 0.25) is 0 Å². The highest BCUT2D eigenvalue weighted by Crippen LogP contribution is 2.28. The Labute approximate surface area is 251 Å². The molecule has 0 aliphatic heterocycles. The number of carboxylic acids is 1. The van der Waals surface area contributed by atoms with Crippen molar-refractivity contribution in [1.29, 1.82) is 0 Å². The lowest BCUT2D eigenvalue weighted by atomic mass is 10.0. The monoisotopic (exact) mass is 636 g/mol. The molecule has 0 bridgehead atoms. The number of carboxylic acid groups (broad SMARTS) is 1. The Morgan fingerprint density at radius 3 is 2.53 bits per heavy atom. The van der Waals surface area contributed by atoms with Gasteiger partial charge in [-0.25, -0.2) is 27.6 Å². The van der Waals surface area contributed by atoms with Gasteiger partial charge in [0.1, 0.15) is 49.2 Å². The van der Waals surface area contributed by atoms with Crippen LogP contribution in [0.1, 0.15) is 31.1 Å². The second kappa shape index (κ2) is 14.2. The summed E-state index contributed by atoms with van der Waals surface area (Å²) < 4.78 is 48.9. The predicted molar refractivity (Wildman–Crippen MR) is 156 cm³/mol. The van der Waals surface area contributed by atoms with E-state index in [1.165, 1.54) is 0 Å². The number of halogens is 1. The number of ether oxygens (including phenoxy) is 2. The van der Waals surface area contributed by atoms with Crippen LogP contribution in [0.15, 0.2) is 53.0 Å². The number of aliphatic carboxylic acids is 1. The van der Waals surface area contributed by atoms with Crippen LogP contribution in [-0.2, 0) is 27.8 Å². The molecule has 2 aromatic carbocycles. The van der Waals surface area contributed by atoms with Gasteiger partial charge in [0.25, 0.3) is 10.0 Å². The number of nitrogens with two attached hydrogens (primary N) is 1. The van der Waals surface area contributed by atoms with E-state index in [1.807, 2.05) is 13.8 Å². The molecule has 0 spiro atoms. The molecule has 0 saturated carbocycles. The van der Waals surface area contributed by atoms with Gasteiger partial charge in [-0.05, 0) is 48.2 Å².